The molecule has 2 aromatic carbocycles. The van der Waals surface area contributed by atoms with Crippen molar-refractivity contribution in [2.45, 2.75) is 32.5 Å². The molecule has 5 nitrogen and oxygen atoms in total. The summed E-state index contributed by atoms with van der Waals surface area (Å²) in [5, 5.41) is 2.94. The van der Waals surface area contributed by atoms with Crippen molar-refractivity contribution < 1.29 is 9.59 Å². The van der Waals surface area contributed by atoms with Gasteiger partial charge in [0.05, 0.1) is 12.6 Å². The predicted molar refractivity (Wildman–Crippen MR) is 96.6 cm³/mol. The lowest BCUT2D eigenvalue weighted by atomic mass is 9.93. The lowest BCUT2D eigenvalue weighted by molar-refractivity contribution is -0.127. The molecule has 0 spiro atoms. The number of primary amides is 1. The summed E-state index contributed by atoms with van der Waals surface area (Å²) in [4.78, 5) is 26.1. The van der Waals surface area contributed by atoms with Crippen LogP contribution in [0.15, 0.2) is 48.5 Å². The summed E-state index contributed by atoms with van der Waals surface area (Å²) in [5.74, 6) is -0.491. The van der Waals surface area contributed by atoms with Gasteiger partial charge in [0.2, 0.25) is 11.8 Å². The molecule has 1 heterocycles. The van der Waals surface area contributed by atoms with Crippen molar-refractivity contribution in [2.24, 2.45) is 5.73 Å². The molecular formula is C20H23N3O2. The normalized spacial score (nSPS) is 16.9. The highest BCUT2D eigenvalue weighted by Crippen LogP contribution is 2.22. The van der Waals surface area contributed by atoms with E-state index in [4.69, 9.17) is 5.73 Å². The molecule has 0 aliphatic carbocycles. The number of aryl methyl sites for hydroxylation is 1. The fraction of sp³-hybridized carbons (Fsp3) is 0.300. The summed E-state index contributed by atoms with van der Waals surface area (Å²) in [6.45, 7) is 3.22. The van der Waals surface area contributed by atoms with Crippen LogP contribution in [0.3, 0.4) is 0 Å². The maximum absolute atomic E-state index is 12.4. The molecule has 5 heteroatoms. The van der Waals surface area contributed by atoms with Gasteiger partial charge in [-0.25, -0.2) is 0 Å². The van der Waals surface area contributed by atoms with Crippen molar-refractivity contribution in [1.82, 2.24) is 10.2 Å². The van der Waals surface area contributed by atoms with E-state index in [1.807, 2.05) is 60.4 Å². The lowest BCUT2D eigenvalue weighted by Crippen LogP contribution is -2.51. The molecule has 2 amide bonds. The molecule has 0 fully saturated rings. The van der Waals surface area contributed by atoms with E-state index >= 15 is 0 Å². The van der Waals surface area contributed by atoms with Crippen molar-refractivity contribution >= 4 is 11.8 Å². The topological polar surface area (TPSA) is 75.4 Å². The van der Waals surface area contributed by atoms with Gasteiger partial charge in [-0.15, -0.1) is 0 Å². The maximum Gasteiger partial charge on any atom is 0.235 e. The van der Waals surface area contributed by atoms with E-state index in [1.165, 1.54) is 0 Å². The Labute approximate surface area is 147 Å². The van der Waals surface area contributed by atoms with Crippen molar-refractivity contribution in [2.75, 3.05) is 6.54 Å². The highest BCUT2D eigenvalue weighted by atomic mass is 16.2. The van der Waals surface area contributed by atoms with Gasteiger partial charge < -0.3 is 11.1 Å². The smallest absolute Gasteiger partial charge is 0.235 e. The average Bonchev–Trinajstić information content (AvgIpc) is 2.60. The number of hydrogen-bond acceptors (Lipinski definition) is 3. The molecule has 3 rings (SSSR count). The standard InChI is InChI=1S/C20H23N3O2/c1-14-6-2-3-8-16(14)11-22-19(24)13-23-12-17-9-5-4-7-15(17)10-18(23)20(21)25/h2-9,18H,10-13H2,1H3,(H2,21,25)(H,22,24)/t18-/m0/s1. The van der Waals surface area contributed by atoms with Gasteiger partial charge in [-0.05, 0) is 35.6 Å². The van der Waals surface area contributed by atoms with Crippen LogP contribution in [0.2, 0.25) is 0 Å². The highest BCUT2D eigenvalue weighted by molar-refractivity contribution is 5.83. The molecule has 1 aliphatic rings. The number of hydrogen-bond donors (Lipinski definition) is 2. The molecule has 3 N–H and O–H groups in total. The summed E-state index contributed by atoms with van der Waals surface area (Å²) in [6, 6.07) is 15.5. The van der Waals surface area contributed by atoms with Crippen molar-refractivity contribution in [3.8, 4) is 0 Å². The van der Waals surface area contributed by atoms with Crippen molar-refractivity contribution in [1.29, 1.82) is 0 Å². The number of carbonyl (C=O) groups is 2. The molecule has 1 aliphatic heterocycles. The zero-order valence-electron chi connectivity index (χ0n) is 14.4. The van der Waals surface area contributed by atoms with E-state index in [0.717, 1.165) is 22.3 Å². The average molecular weight is 337 g/mol. The molecule has 130 valence electrons. The third-order valence-electron chi connectivity index (χ3n) is 4.76. The third-order valence-corrected chi connectivity index (χ3v) is 4.76. The van der Waals surface area contributed by atoms with Gasteiger partial charge in [0.1, 0.15) is 0 Å². The molecule has 0 saturated carbocycles. The Kier molecular flexibility index (Phi) is 5.14. The molecule has 0 aromatic heterocycles. The second-order valence-corrected chi connectivity index (χ2v) is 6.50. The van der Waals surface area contributed by atoms with Gasteiger partial charge >= 0.3 is 0 Å². The fourth-order valence-corrected chi connectivity index (χ4v) is 3.27. The monoisotopic (exact) mass is 337 g/mol. The Hall–Kier alpha value is -2.66. The van der Waals surface area contributed by atoms with Crippen molar-refractivity contribution in [3.05, 3.63) is 70.8 Å². The first kappa shape index (κ1) is 17.2. The highest BCUT2D eigenvalue weighted by Gasteiger charge is 2.31. The van der Waals surface area contributed by atoms with E-state index < -0.39 is 6.04 Å². The van der Waals surface area contributed by atoms with Gasteiger partial charge in [-0.3, -0.25) is 14.5 Å². The Morgan fingerprint density at radius 2 is 1.80 bits per heavy atom. The first-order valence-electron chi connectivity index (χ1n) is 8.46. The van der Waals surface area contributed by atoms with Crippen LogP contribution in [-0.4, -0.2) is 29.3 Å². The molecular weight excluding hydrogens is 314 g/mol. The Morgan fingerprint density at radius 1 is 1.12 bits per heavy atom. The number of nitrogens with zero attached hydrogens (tertiary/aromatic N) is 1. The van der Waals surface area contributed by atoms with Crippen LogP contribution in [0, 0.1) is 6.92 Å². The predicted octanol–water partition coefficient (Wildman–Crippen LogP) is 1.52. The van der Waals surface area contributed by atoms with E-state index in [2.05, 4.69) is 5.32 Å². The van der Waals surface area contributed by atoms with Crippen LogP contribution in [0.1, 0.15) is 22.3 Å². The second-order valence-electron chi connectivity index (χ2n) is 6.50. The number of rotatable bonds is 5. The van der Waals surface area contributed by atoms with E-state index in [0.29, 0.717) is 19.5 Å². The third kappa shape index (κ3) is 4.06. The van der Waals surface area contributed by atoms with Gasteiger partial charge in [-0.2, -0.15) is 0 Å². The van der Waals surface area contributed by atoms with E-state index in [9.17, 15) is 9.59 Å². The number of fused-ring (bicyclic) bond motifs is 1. The fourth-order valence-electron chi connectivity index (χ4n) is 3.27. The van der Waals surface area contributed by atoms with Crippen LogP contribution >= 0.6 is 0 Å². The number of benzene rings is 2. The number of carbonyl (C=O) groups excluding carboxylic acids is 2. The largest absolute Gasteiger partial charge is 0.368 e. The van der Waals surface area contributed by atoms with Crippen LogP contribution in [0.25, 0.3) is 0 Å². The van der Waals surface area contributed by atoms with E-state index in [1.54, 1.807) is 0 Å². The molecule has 0 bridgehead atoms. The first-order chi connectivity index (χ1) is 12.0. The quantitative estimate of drug-likeness (QED) is 0.869. The summed E-state index contributed by atoms with van der Waals surface area (Å²) in [6.07, 6.45) is 0.552. The zero-order valence-corrected chi connectivity index (χ0v) is 14.4. The van der Waals surface area contributed by atoms with Gasteiger partial charge in [0.15, 0.2) is 0 Å². The Morgan fingerprint density at radius 3 is 2.52 bits per heavy atom. The minimum atomic E-state index is -0.445. The maximum atomic E-state index is 12.4. The SMILES string of the molecule is Cc1ccccc1CNC(=O)CN1Cc2ccccc2C[C@H]1C(N)=O. The van der Waals surface area contributed by atoms with E-state index in [-0.39, 0.29) is 18.4 Å². The molecule has 2 aromatic rings. The molecule has 0 saturated heterocycles. The summed E-state index contributed by atoms with van der Waals surface area (Å²) < 4.78 is 0. The molecule has 0 radical (unpaired) electrons. The summed E-state index contributed by atoms with van der Waals surface area (Å²) in [5.41, 5.74) is 10.1. The number of nitrogens with one attached hydrogen (secondary N) is 1. The van der Waals surface area contributed by atoms with Gasteiger partial charge in [-0.1, -0.05) is 48.5 Å². The second kappa shape index (κ2) is 7.49. The Bertz CT molecular complexity index is 788. The van der Waals surface area contributed by atoms with Gasteiger partial charge in [0, 0.05) is 13.1 Å². The lowest BCUT2D eigenvalue weighted by Gasteiger charge is -2.34. The van der Waals surface area contributed by atoms with Gasteiger partial charge in [0.25, 0.3) is 0 Å². The minimum absolute atomic E-state index is 0.103. The molecule has 25 heavy (non-hydrogen) atoms. The summed E-state index contributed by atoms with van der Waals surface area (Å²) in [7, 11) is 0. The first-order valence-corrected chi connectivity index (χ1v) is 8.46. The Balaban J connectivity index is 1.65. The molecule has 1 atom stereocenters. The van der Waals surface area contributed by atoms with Crippen molar-refractivity contribution in [3.63, 3.8) is 0 Å². The van der Waals surface area contributed by atoms with Crippen LogP contribution < -0.4 is 11.1 Å². The zero-order chi connectivity index (χ0) is 17.8. The van der Waals surface area contributed by atoms with Crippen LogP contribution in [0.5, 0.6) is 0 Å². The van der Waals surface area contributed by atoms with Crippen LogP contribution in [-0.2, 0) is 29.1 Å². The summed E-state index contributed by atoms with van der Waals surface area (Å²) >= 11 is 0. The van der Waals surface area contributed by atoms with Crippen LogP contribution in [0.4, 0.5) is 0 Å². The molecule has 0 unspecified atom stereocenters. The minimum Gasteiger partial charge on any atom is -0.368 e. The number of nitrogens with two attached hydrogens (primary N) is 1. The number of amides is 2.